The van der Waals surface area contributed by atoms with E-state index >= 15 is 0 Å². The van der Waals surface area contributed by atoms with E-state index in [1.807, 2.05) is 4.90 Å². The Balaban J connectivity index is 1.96. The minimum atomic E-state index is 0.201. The second-order valence-electron chi connectivity index (χ2n) is 5.62. The Morgan fingerprint density at radius 2 is 2.06 bits per heavy atom. The van der Waals surface area contributed by atoms with E-state index in [-0.39, 0.29) is 5.91 Å². The minimum Gasteiger partial charge on any atom is -0.380 e. The van der Waals surface area contributed by atoms with Gasteiger partial charge in [-0.05, 0) is 31.2 Å². The fourth-order valence-electron chi connectivity index (χ4n) is 2.20. The van der Waals surface area contributed by atoms with Crippen molar-refractivity contribution in [1.29, 1.82) is 0 Å². The Kier molecular flexibility index (Phi) is 7.28. The molecule has 18 heavy (non-hydrogen) atoms. The molecule has 1 rings (SSSR count). The van der Waals surface area contributed by atoms with E-state index in [9.17, 15) is 4.79 Å². The normalized spacial score (nSPS) is 17.4. The highest BCUT2D eigenvalue weighted by Gasteiger charge is 2.20. The molecule has 1 saturated heterocycles. The summed E-state index contributed by atoms with van der Waals surface area (Å²) in [4.78, 5) is 13.1. The van der Waals surface area contributed by atoms with Crippen molar-refractivity contribution in [3.63, 3.8) is 0 Å². The molecule has 0 aliphatic carbocycles. The van der Waals surface area contributed by atoms with Crippen LogP contribution in [0.25, 0.3) is 0 Å². The molecule has 0 aromatic heterocycles. The lowest BCUT2D eigenvalue weighted by molar-refractivity contribution is -0.130. The second-order valence-corrected chi connectivity index (χ2v) is 5.62. The maximum Gasteiger partial charge on any atom is 0.219 e. The molecule has 0 atom stereocenters. The number of nitrogens with zero attached hydrogens (tertiary/aromatic N) is 1. The lowest BCUT2D eigenvalue weighted by Gasteiger charge is -2.31. The average Bonchev–Trinajstić information content (AvgIpc) is 2.34. The fourth-order valence-corrected chi connectivity index (χ4v) is 2.20. The Morgan fingerprint density at radius 1 is 1.39 bits per heavy atom. The lowest BCUT2D eigenvalue weighted by Crippen LogP contribution is -2.38. The van der Waals surface area contributed by atoms with Crippen LogP contribution in [0.15, 0.2) is 0 Å². The van der Waals surface area contributed by atoms with Gasteiger partial charge in [-0.3, -0.25) is 4.79 Å². The standard InChI is InChI=1S/C14H28N2O2/c1-12(2)10-15-6-9-18-11-14-4-7-16(8-5-14)13(3)17/h12,14-15H,4-11H2,1-3H3. The van der Waals surface area contributed by atoms with Crippen molar-refractivity contribution in [1.82, 2.24) is 10.2 Å². The summed E-state index contributed by atoms with van der Waals surface area (Å²) in [6, 6.07) is 0. The molecule has 4 nitrogen and oxygen atoms in total. The molecular weight excluding hydrogens is 228 g/mol. The lowest BCUT2D eigenvalue weighted by atomic mass is 9.98. The molecule has 106 valence electrons. The van der Waals surface area contributed by atoms with Crippen molar-refractivity contribution in [3.05, 3.63) is 0 Å². The third-order valence-corrected chi connectivity index (χ3v) is 3.39. The zero-order valence-corrected chi connectivity index (χ0v) is 12.1. The smallest absolute Gasteiger partial charge is 0.219 e. The Hall–Kier alpha value is -0.610. The van der Waals surface area contributed by atoms with Crippen LogP contribution in [-0.2, 0) is 9.53 Å². The number of hydrogen-bond donors (Lipinski definition) is 1. The van der Waals surface area contributed by atoms with Crippen LogP contribution < -0.4 is 5.32 Å². The summed E-state index contributed by atoms with van der Waals surface area (Å²) in [7, 11) is 0. The van der Waals surface area contributed by atoms with Crippen molar-refractivity contribution in [3.8, 4) is 0 Å². The number of likely N-dealkylation sites (tertiary alicyclic amines) is 1. The number of ether oxygens (including phenoxy) is 1. The summed E-state index contributed by atoms with van der Waals surface area (Å²) in [6.07, 6.45) is 2.16. The van der Waals surface area contributed by atoms with Crippen molar-refractivity contribution in [2.24, 2.45) is 11.8 Å². The molecule has 0 saturated carbocycles. The monoisotopic (exact) mass is 256 g/mol. The maximum atomic E-state index is 11.2. The van der Waals surface area contributed by atoms with Gasteiger partial charge in [-0.15, -0.1) is 0 Å². The summed E-state index contributed by atoms with van der Waals surface area (Å²) < 4.78 is 5.68. The number of piperidine rings is 1. The predicted molar refractivity (Wildman–Crippen MR) is 73.5 cm³/mol. The van der Waals surface area contributed by atoms with Gasteiger partial charge >= 0.3 is 0 Å². The third kappa shape index (κ3) is 6.36. The van der Waals surface area contributed by atoms with Gasteiger partial charge in [-0.2, -0.15) is 0 Å². The van der Waals surface area contributed by atoms with E-state index in [0.717, 1.165) is 52.2 Å². The van der Waals surface area contributed by atoms with E-state index in [1.165, 1.54) is 0 Å². The largest absolute Gasteiger partial charge is 0.380 e. The van der Waals surface area contributed by atoms with Crippen molar-refractivity contribution < 1.29 is 9.53 Å². The molecule has 0 aromatic rings. The van der Waals surface area contributed by atoms with E-state index in [2.05, 4.69) is 19.2 Å². The van der Waals surface area contributed by atoms with Gasteiger partial charge in [0, 0.05) is 33.2 Å². The van der Waals surface area contributed by atoms with Gasteiger partial charge in [-0.25, -0.2) is 0 Å². The van der Waals surface area contributed by atoms with Gasteiger partial charge < -0.3 is 15.0 Å². The van der Waals surface area contributed by atoms with Crippen molar-refractivity contribution in [2.45, 2.75) is 33.6 Å². The van der Waals surface area contributed by atoms with Gasteiger partial charge in [0.15, 0.2) is 0 Å². The number of nitrogens with one attached hydrogen (secondary N) is 1. The maximum absolute atomic E-state index is 11.2. The predicted octanol–water partition coefficient (Wildman–Crippen LogP) is 1.51. The van der Waals surface area contributed by atoms with Crippen LogP contribution in [0.4, 0.5) is 0 Å². The SMILES string of the molecule is CC(=O)N1CCC(COCCNCC(C)C)CC1. The van der Waals surface area contributed by atoms with Crippen LogP contribution >= 0.6 is 0 Å². The van der Waals surface area contributed by atoms with E-state index < -0.39 is 0 Å². The van der Waals surface area contributed by atoms with Gasteiger partial charge in [0.05, 0.1) is 6.61 Å². The minimum absolute atomic E-state index is 0.201. The topological polar surface area (TPSA) is 41.6 Å². The van der Waals surface area contributed by atoms with Crippen LogP contribution in [0.2, 0.25) is 0 Å². The van der Waals surface area contributed by atoms with E-state index in [1.54, 1.807) is 6.92 Å². The van der Waals surface area contributed by atoms with Gasteiger partial charge in [0.2, 0.25) is 5.91 Å². The highest BCUT2D eigenvalue weighted by atomic mass is 16.5. The number of carbonyl (C=O) groups excluding carboxylic acids is 1. The highest BCUT2D eigenvalue weighted by Crippen LogP contribution is 2.17. The number of rotatable bonds is 7. The molecule has 0 aromatic carbocycles. The molecule has 0 spiro atoms. The molecule has 0 unspecified atom stereocenters. The highest BCUT2D eigenvalue weighted by molar-refractivity contribution is 5.73. The number of hydrogen-bond acceptors (Lipinski definition) is 3. The molecule has 1 aliphatic heterocycles. The molecule has 1 fully saturated rings. The van der Waals surface area contributed by atoms with Crippen LogP contribution in [0.3, 0.4) is 0 Å². The molecule has 1 amide bonds. The average molecular weight is 256 g/mol. The first-order valence-electron chi connectivity index (χ1n) is 7.13. The molecule has 0 radical (unpaired) electrons. The van der Waals surface area contributed by atoms with Gasteiger partial charge in [0.25, 0.3) is 0 Å². The van der Waals surface area contributed by atoms with Gasteiger partial charge in [0.1, 0.15) is 0 Å². The number of amides is 1. The van der Waals surface area contributed by atoms with Crippen LogP contribution in [0.1, 0.15) is 33.6 Å². The number of carbonyl (C=O) groups is 1. The fraction of sp³-hybridized carbons (Fsp3) is 0.929. The van der Waals surface area contributed by atoms with Gasteiger partial charge in [-0.1, -0.05) is 13.8 Å². The zero-order valence-electron chi connectivity index (χ0n) is 12.1. The summed E-state index contributed by atoms with van der Waals surface area (Å²) in [5.41, 5.74) is 0. The van der Waals surface area contributed by atoms with Crippen molar-refractivity contribution in [2.75, 3.05) is 39.4 Å². The molecule has 4 heteroatoms. The molecule has 1 heterocycles. The summed E-state index contributed by atoms with van der Waals surface area (Å²) in [5.74, 6) is 1.53. The third-order valence-electron chi connectivity index (χ3n) is 3.39. The first kappa shape index (κ1) is 15.4. The quantitative estimate of drug-likeness (QED) is 0.702. The molecular formula is C14H28N2O2. The van der Waals surface area contributed by atoms with E-state index in [4.69, 9.17) is 4.74 Å². The molecule has 0 bridgehead atoms. The Bertz CT molecular complexity index is 236. The first-order valence-corrected chi connectivity index (χ1v) is 7.13. The summed E-state index contributed by atoms with van der Waals surface area (Å²) in [6.45, 7) is 11.5. The van der Waals surface area contributed by atoms with Crippen LogP contribution in [0.5, 0.6) is 0 Å². The second kappa shape index (κ2) is 8.48. The van der Waals surface area contributed by atoms with Crippen LogP contribution in [-0.4, -0.2) is 50.2 Å². The van der Waals surface area contributed by atoms with Crippen LogP contribution in [0, 0.1) is 11.8 Å². The Morgan fingerprint density at radius 3 is 2.61 bits per heavy atom. The first-order chi connectivity index (χ1) is 8.59. The molecule has 1 aliphatic rings. The van der Waals surface area contributed by atoms with E-state index in [0.29, 0.717) is 11.8 Å². The molecule has 1 N–H and O–H groups in total. The Labute approximate surface area is 111 Å². The summed E-state index contributed by atoms with van der Waals surface area (Å²) >= 11 is 0. The zero-order chi connectivity index (χ0) is 13.4. The summed E-state index contributed by atoms with van der Waals surface area (Å²) in [5, 5.41) is 3.37. The van der Waals surface area contributed by atoms with Crippen molar-refractivity contribution >= 4 is 5.91 Å².